The lowest BCUT2D eigenvalue weighted by Gasteiger charge is -2.09. The average Bonchev–Trinajstić information content (AvgIpc) is 2.58. The first-order valence-corrected chi connectivity index (χ1v) is 5.75. The minimum absolute atomic E-state index is 0.303. The molecular formula is C14H13F2N3. The van der Waals surface area contributed by atoms with Crippen LogP contribution in [0.3, 0.4) is 0 Å². The highest BCUT2D eigenvalue weighted by Gasteiger charge is 2.15. The van der Waals surface area contributed by atoms with Crippen molar-refractivity contribution in [2.45, 2.75) is 20.4 Å². The highest BCUT2D eigenvalue weighted by atomic mass is 19.2. The van der Waals surface area contributed by atoms with Gasteiger partial charge in [0.25, 0.3) is 0 Å². The molecule has 0 amide bonds. The first-order chi connectivity index (χ1) is 8.95. The summed E-state index contributed by atoms with van der Waals surface area (Å²) in [5.74, 6) is -1.42. The standard InChI is InChI=1S/C14H13F2N3/c1-8-9(2)19(14(18)11(8)6-17)7-10-3-4-12(15)13(16)5-10/h3-5H,7,18H2,1-2H3. The van der Waals surface area contributed by atoms with Crippen molar-refractivity contribution < 1.29 is 8.78 Å². The van der Waals surface area contributed by atoms with Gasteiger partial charge in [-0.3, -0.25) is 0 Å². The summed E-state index contributed by atoms with van der Waals surface area (Å²) in [6, 6.07) is 5.77. The van der Waals surface area contributed by atoms with E-state index in [1.54, 1.807) is 4.57 Å². The Kier molecular flexibility index (Phi) is 3.26. The van der Waals surface area contributed by atoms with Gasteiger partial charge in [-0.2, -0.15) is 5.26 Å². The van der Waals surface area contributed by atoms with Gasteiger partial charge in [-0.1, -0.05) is 6.07 Å². The van der Waals surface area contributed by atoms with Crippen LogP contribution < -0.4 is 5.73 Å². The second-order valence-corrected chi connectivity index (χ2v) is 4.42. The quantitative estimate of drug-likeness (QED) is 0.903. The molecule has 1 heterocycles. The number of hydrogen-bond acceptors (Lipinski definition) is 2. The van der Waals surface area contributed by atoms with Crippen molar-refractivity contribution in [3.05, 3.63) is 52.2 Å². The molecule has 98 valence electrons. The molecule has 0 spiro atoms. The van der Waals surface area contributed by atoms with E-state index in [2.05, 4.69) is 6.07 Å². The molecule has 3 nitrogen and oxygen atoms in total. The summed E-state index contributed by atoms with van der Waals surface area (Å²) in [5.41, 5.74) is 8.58. The van der Waals surface area contributed by atoms with Gasteiger partial charge in [0.1, 0.15) is 11.9 Å². The molecule has 0 bridgehead atoms. The normalized spacial score (nSPS) is 10.5. The van der Waals surface area contributed by atoms with Crippen LogP contribution in [-0.4, -0.2) is 4.57 Å². The van der Waals surface area contributed by atoms with E-state index in [1.165, 1.54) is 6.07 Å². The van der Waals surface area contributed by atoms with Crippen LogP contribution in [0.2, 0.25) is 0 Å². The van der Waals surface area contributed by atoms with Crippen molar-refractivity contribution in [2.24, 2.45) is 0 Å². The Morgan fingerprint density at radius 1 is 1.26 bits per heavy atom. The van der Waals surface area contributed by atoms with Crippen LogP contribution in [0.5, 0.6) is 0 Å². The molecule has 1 aromatic carbocycles. The minimum Gasteiger partial charge on any atom is -0.384 e. The number of nitrogen functional groups attached to an aromatic ring is 1. The molecule has 5 heteroatoms. The fraction of sp³-hybridized carbons (Fsp3) is 0.214. The molecular weight excluding hydrogens is 248 g/mol. The van der Waals surface area contributed by atoms with Crippen LogP contribution in [0, 0.1) is 36.8 Å². The molecule has 0 fully saturated rings. The predicted molar refractivity (Wildman–Crippen MR) is 68.5 cm³/mol. The second-order valence-electron chi connectivity index (χ2n) is 4.42. The first kappa shape index (κ1) is 13.1. The maximum atomic E-state index is 13.2. The van der Waals surface area contributed by atoms with E-state index < -0.39 is 11.6 Å². The maximum absolute atomic E-state index is 13.2. The maximum Gasteiger partial charge on any atom is 0.159 e. The summed E-state index contributed by atoms with van der Waals surface area (Å²) in [6.07, 6.45) is 0. The van der Waals surface area contributed by atoms with Gasteiger partial charge in [0.2, 0.25) is 0 Å². The number of rotatable bonds is 2. The number of hydrogen-bond donors (Lipinski definition) is 1. The SMILES string of the molecule is Cc1c(C#N)c(N)n(Cc2ccc(F)c(F)c2)c1C. The molecule has 0 aliphatic rings. The monoisotopic (exact) mass is 261 g/mol. The van der Waals surface area contributed by atoms with Gasteiger partial charge in [-0.25, -0.2) is 8.78 Å². The second kappa shape index (κ2) is 4.73. The summed E-state index contributed by atoms with van der Waals surface area (Å²) in [5, 5.41) is 9.03. The van der Waals surface area contributed by atoms with Crippen molar-refractivity contribution in [2.75, 3.05) is 5.73 Å². The van der Waals surface area contributed by atoms with E-state index in [0.29, 0.717) is 23.5 Å². The summed E-state index contributed by atoms with van der Waals surface area (Å²) >= 11 is 0. The Morgan fingerprint density at radius 2 is 1.95 bits per heavy atom. The summed E-state index contributed by atoms with van der Waals surface area (Å²) in [4.78, 5) is 0. The Labute approximate surface area is 109 Å². The summed E-state index contributed by atoms with van der Waals surface area (Å²) in [6.45, 7) is 3.95. The predicted octanol–water partition coefficient (Wildman–Crippen LogP) is 2.89. The number of aromatic nitrogens is 1. The molecule has 2 aromatic rings. The smallest absolute Gasteiger partial charge is 0.159 e. The van der Waals surface area contributed by atoms with Gasteiger partial charge < -0.3 is 10.3 Å². The number of halogens is 2. The van der Waals surface area contributed by atoms with Gasteiger partial charge in [-0.05, 0) is 37.1 Å². The third-order valence-electron chi connectivity index (χ3n) is 3.31. The number of anilines is 1. The van der Waals surface area contributed by atoms with E-state index in [1.807, 2.05) is 13.8 Å². The Balaban J connectivity index is 2.44. The van der Waals surface area contributed by atoms with Crippen LogP contribution in [-0.2, 0) is 6.54 Å². The molecule has 1 aromatic heterocycles. The van der Waals surface area contributed by atoms with Gasteiger partial charge in [0.15, 0.2) is 11.6 Å². The third-order valence-corrected chi connectivity index (χ3v) is 3.31. The molecule has 0 aliphatic heterocycles. The number of benzene rings is 1. The van der Waals surface area contributed by atoms with Gasteiger partial charge in [0.05, 0.1) is 5.56 Å². The minimum atomic E-state index is -0.891. The highest BCUT2D eigenvalue weighted by molar-refractivity contribution is 5.58. The zero-order valence-electron chi connectivity index (χ0n) is 10.7. The number of nitrogens with zero attached hydrogens (tertiary/aromatic N) is 2. The van der Waals surface area contributed by atoms with Crippen molar-refractivity contribution in [3.8, 4) is 6.07 Å². The molecule has 0 atom stereocenters. The fourth-order valence-corrected chi connectivity index (χ4v) is 2.06. The highest BCUT2D eigenvalue weighted by Crippen LogP contribution is 2.24. The summed E-state index contributed by atoms with van der Waals surface area (Å²) in [7, 11) is 0. The molecule has 19 heavy (non-hydrogen) atoms. The van der Waals surface area contributed by atoms with Crippen molar-refractivity contribution in [1.82, 2.24) is 4.57 Å². The van der Waals surface area contributed by atoms with E-state index in [-0.39, 0.29) is 0 Å². The van der Waals surface area contributed by atoms with E-state index in [4.69, 9.17) is 11.0 Å². The fourth-order valence-electron chi connectivity index (χ4n) is 2.06. The lowest BCUT2D eigenvalue weighted by molar-refractivity contribution is 0.506. The topological polar surface area (TPSA) is 54.7 Å². The van der Waals surface area contributed by atoms with E-state index >= 15 is 0 Å². The van der Waals surface area contributed by atoms with Gasteiger partial charge in [0, 0.05) is 12.2 Å². The first-order valence-electron chi connectivity index (χ1n) is 5.75. The van der Waals surface area contributed by atoms with Crippen molar-refractivity contribution in [1.29, 1.82) is 5.26 Å². The largest absolute Gasteiger partial charge is 0.384 e. The lowest BCUT2D eigenvalue weighted by atomic mass is 10.2. The number of nitrogens with two attached hydrogens (primary N) is 1. The summed E-state index contributed by atoms with van der Waals surface area (Å²) < 4.78 is 27.8. The van der Waals surface area contributed by atoms with Crippen LogP contribution in [0.15, 0.2) is 18.2 Å². The van der Waals surface area contributed by atoms with E-state index in [9.17, 15) is 8.78 Å². The van der Waals surface area contributed by atoms with Crippen LogP contribution in [0.1, 0.15) is 22.4 Å². The lowest BCUT2D eigenvalue weighted by Crippen LogP contribution is -2.07. The molecule has 0 saturated carbocycles. The molecule has 0 aliphatic carbocycles. The van der Waals surface area contributed by atoms with Gasteiger partial charge in [-0.15, -0.1) is 0 Å². The average molecular weight is 261 g/mol. The zero-order valence-corrected chi connectivity index (χ0v) is 10.7. The molecule has 0 radical (unpaired) electrons. The Hall–Kier alpha value is -2.35. The molecule has 0 saturated heterocycles. The Morgan fingerprint density at radius 3 is 2.47 bits per heavy atom. The Bertz CT molecular complexity index is 681. The van der Waals surface area contributed by atoms with Crippen molar-refractivity contribution in [3.63, 3.8) is 0 Å². The van der Waals surface area contributed by atoms with Crippen LogP contribution >= 0.6 is 0 Å². The van der Waals surface area contributed by atoms with Crippen molar-refractivity contribution >= 4 is 5.82 Å². The van der Waals surface area contributed by atoms with Crippen LogP contribution in [0.4, 0.5) is 14.6 Å². The van der Waals surface area contributed by atoms with E-state index in [0.717, 1.165) is 23.4 Å². The molecule has 2 N–H and O–H groups in total. The number of nitriles is 1. The third kappa shape index (κ3) is 2.17. The zero-order chi connectivity index (χ0) is 14.2. The molecule has 0 unspecified atom stereocenters. The van der Waals surface area contributed by atoms with Gasteiger partial charge >= 0.3 is 0 Å². The molecule has 2 rings (SSSR count). The van der Waals surface area contributed by atoms with Crippen LogP contribution in [0.25, 0.3) is 0 Å².